The van der Waals surface area contributed by atoms with Gasteiger partial charge in [0.2, 0.25) is 5.91 Å². The molecule has 20 heavy (non-hydrogen) atoms. The van der Waals surface area contributed by atoms with Gasteiger partial charge in [0.15, 0.2) is 5.65 Å². The van der Waals surface area contributed by atoms with E-state index in [0.29, 0.717) is 0 Å². The van der Waals surface area contributed by atoms with E-state index in [9.17, 15) is 4.79 Å². The molecule has 1 saturated carbocycles. The lowest BCUT2D eigenvalue weighted by atomic mass is 10.0. The molecule has 2 heterocycles. The van der Waals surface area contributed by atoms with Gasteiger partial charge in [-0.1, -0.05) is 6.42 Å². The van der Waals surface area contributed by atoms with Crippen molar-refractivity contribution in [2.75, 3.05) is 5.32 Å². The molecule has 2 aromatic rings. The number of nitrogens with two attached hydrogens (primary N) is 1. The first-order valence-electron chi connectivity index (χ1n) is 6.94. The fourth-order valence-corrected chi connectivity index (χ4v) is 2.98. The van der Waals surface area contributed by atoms with Crippen LogP contribution in [0.1, 0.15) is 30.7 Å². The van der Waals surface area contributed by atoms with Crippen LogP contribution >= 0.6 is 0 Å². The van der Waals surface area contributed by atoms with Gasteiger partial charge in [-0.3, -0.25) is 4.79 Å². The number of primary amides is 1. The first-order valence-corrected chi connectivity index (χ1v) is 6.94. The van der Waals surface area contributed by atoms with Gasteiger partial charge < -0.3 is 11.1 Å². The Morgan fingerprint density at radius 1 is 1.35 bits per heavy atom. The number of carbonyl (C=O) groups excluding carboxylic acids is 1. The topological polar surface area (TPSA) is 85.3 Å². The van der Waals surface area contributed by atoms with Crippen LogP contribution in [0.2, 0.25) is 0 Å². The average molecular weight is 273 g/mol. The second kappa shape index (κ2) is 4.77. The van der Waals surface area contributed by atoms with Crippen molar-refractivity contribution in [3.8, 4) is 0 Å². The number of hydrogen-bond acceptors (Lipinski definition) is 4. The smallest absolute Gasteiger partial charge is 0.222 e. The van der Waals surface area contributed by atoms with E-state index < -0.39 is 0 Å². The number of nitrogens with one attached hydrogen (secondary N) is 1. The van der Waals surface area contributed by atoms with E-state index >= 15 is 0 Å². The second-order valence-electron chi connectivity index (χ2n) is 5.53. The summed E-state index contributed by atoms with van der Waals surface area (Å²) in [7, 11) is 0. The number of hydrogen-bond donors (Lipinski definition) is 2. The molecule has 0 unspecified atom stereocenters. The number of anilines is 1. The van der Waals surface area contributed by atoms with E-state index in [2.05, 4.69) is 15.4 Å². The van der Waals surface area contributed by atoms with Crippen LogP contribution in [0.15, 0.2) is 12.1 Å². The molecule has 0 spiro atoms. The highest BCUT2D eigenvalue weighted by Crippen LogP contribution is 2.28. The lowest BCUT2D eigenvalue weighted by molar-refractivity contribution is -0.121. The van der Waals surface area contributed by atoms with Crippen molar-refractivity contribution in [2.24, 2.45) is 11.7 Å². The van der Waals surface area contributed by atoms with Gasteiger partial charge in [0.05, 0.1) is 11.6 Å². The summed E-state index contributed by atoms with van der Waals surface area (Å²) in [6.07, 6.45) is 2.84. The molecule has 6 heteroatoms. The Hall–Kier alpha value is -2.11. The lowest BCUT2D eigenvalue weighted by Crippen LogP contribution is -2.34. The third-order valence-corrected chi connectivity index (χ3v) is 3.89. The molecule has 0 aromatic carbocycles. The minimum absolute atomic E-state index is 0.0852. The zero-order chi connectivity index (χ0) is 14.3. The summed E-state index contributed by atoms with van der Waals surface area (Å²) < 4.78 is 1.79. The summed E-state index contributed by atoms with van der Waals surface area (Å²) in [5.41, 5.74) is 8.14. The predicted octanol–water partition coefficient (Wildman–Crippen LogP) is 1.41. The van der Waals surface area contributed by atoms with Crippen LogP contribution < -0.4 is 11.1 Å². The largest absolute Gasteiger partial charge is 0.369 e. The molecule has 1 amide bonds. The summed E-state index contributed by atoms with van der Waals surface area (Å²) in [6, 6.07) is 3.98. The molecule has 0 bridgehead atoms. The zero-order valence-electron chi connectivity index (χ0n) is 11.8. The molecule has 1 fully saturated rings. The Kier molecular flexibility index (Phi) is 3.08. The summed E-state index contributed by atoms with van der Waals surface area (Å²) in [5, 5.41) is 7.87. The van der Waals surface area contributed by atoms with Crippen LogP contribution in [0.25, 0.3) is 5.65 Å². The van der Waals surface area contributed by atoms with Crippen molar-refractivity contribution in [1.82, 2.24) is 14.6 Å². The Bertz CT molecular complexity index is 663. The molecule has 0 radical (unpaired) electrons. The molecule has 1 aliphatic carbocycles. The van der Waals surface area contributed by atoms with Gasteiger partial charge in [0.1, 0.15) is 5.82 Å². The van der Waals surface area contributed by atoms with Crippen LogP contribution in [-0.2, 0) is 4.79 Å². The molecule has 106 valence electrons. The van der Waals surface area contributed by atoms with Crippen LogP contribution in [0, 0.1) is 19.8 Å². The van der Waals surface area contributed by atoms with Crippen molar-refractivity contribution in [3.05, 3.63) is 23.5 Å². The van der Waals surface area contributed by atoms with Crippen LogP contribution in [0.5, 0.6) is 0 Å². The van der Waals surface area contributed by atoms with E-state index in [1.165, 1.54) is 0 Å². The summed E-state index contributed by atoms with van der Waals surface area (Å²) in [6.45, 7) is 3.89. The normalized spacial score (nSPS) is 22.3. The third-order valence-electron chi connectivity index (χ3n) is 3.89. The maximum atomic E-state index is 11.5. The zero-order valence-corrected chi connectivity index (χ0v) is 11.8. The second-order valence-corrected chi connectivity index (χ2v) is 5.53. The number of aromatic nitrogens is 3. The van der Waals surface area contributed by atoms with Gasteiger partial charge in [-0.25, -0.2) is 4.98 Å². The first kappa shape index (κ1) is 12.9. The summed E-state index contributed by atoms with van der Waals surface area (Å²) in [5.74, 6) is 0.549. The average Bonchev–Trinajstić information content (AvgIpc) is 2.94. The minimum Gasteiger partial charge on any atom is -0.369 e. The highest BCUT2D eigenvalue weighted by atomic mass is 16.1. The van der Waals surface area contributed by atoms with Crippen LogP contribution in [0.4, 0.5) is 5.82 Å². The van der Waals surface area contributed by atoms with Gasteiger partial charge in [0, 0.05) is 23.9 Å². The Morgan fingerprint density at radius 2 is 2.15 bits per heavy atom. The van der Waals surface area contributed by atoms with Gasteiger partial charge in [0.25, 0.3) is 0 Å². The quantitative estimate of drug-likeness (QED) is 0.885. The molecule has 1 aliphatic rings. The maximum Gasteiger partial charge on any atom is 0.222 e. The number of aryl methyl sites for hydroxylation is 2. The fourth-order valence-electron chi connectivity index (χ4n) is 2.98. The van der Waals surface area contributed by atoms with E-state index in [1.807, 2.05) is 26.0 Å². The van der Waals surface area contributed by atoms with E-state index in [4.69, 9.17) is 5.73 Å². The summed E-state index contributed by atoms with van der Waals surface area (Å²) >= 11 is 0. The van der Waals surface area contributed by atoms with Gasteiger partial charge >= 0.3 is 0 Å². The molecular formula is C14H19N5O. The molecule has 2 atom stereocenters. The van der Waals surface area contributed by atoms with Crippen molar-refractivity contribution >= 4 is 17.4 Å². The third kappa shape index (κ3) is 2.21. The highest BCUT2D eigenvalue weighted by molar-refractivity contribution is 5.78. The molecule has 2 aromatic heterocycles. The number of fused-ring (bicyclic) bond motifs is 1. The Morgan fingerprint density at radius 3 is 2.90 bits per heavy atom. The maximum absolute atomic E-state index is 11.5. The standard InChI is InChI=1S/C14H19N5O/c1-8-6-13(19-12(16-8)7-9(2)18-19)17-11-5-3-4-10(11)14(15)20/h6-7,10-11,17H,3-5H2,1-2H3,(H2,15,20)/t10-,11+/m1/s1. The van der Waals surface area contributed by atoms with Crippen molar-refractivity contribution in [1.29, 1.82) is 0 Å². The van der Waals surface area contributed by atoms with Gasteiger partial charge in [-0.2, -0.15) is 9.61 Å². The molecular weight excluding hydrogens is 254 g/mol. The van der Waals surface area contributed by atoms with Crippen molar-refractivity contribution in [3.63, 3.8) is 0 Å². The van der Waals surface area contributed by atoms with Gasteiger partial charge in [-0.15, -0.1) is 0 Å². The lowest BCUT2D eigenvalue weighted by Gasteiger charge is -2.20. The van der Waals surface area contributed by atoms with E-state index in [0.717, 1.165) is 42.1 Å². The fraction of sp³-hybridized carbons (Fsp3) is 0.500. The number of amides is 1. The number of nitrogens with zero attached hydrogens (tertiary/aromatic N) is 3. The van der Waals surface area contributed by atoms with Crippen LogP contribution in [-0.4, -0.2) is 26.5 Å². The summed E-state index contributed by atoms with van der Waals surface area (Å²) in [4.78, 5) is 15.9. The number of carbonyl (C=O) groups is 1. The molecule has 0 aliphatic heterocycles. The minimum atomic E-state index is -0.223. The van der Waals surface area contributed by atoms with Crippen molar-refractivity contribution < 1.29 is 4.79 Å². The Labute approximate surface area is 117 Å². The highest BCUT2D eigenvalue weighted by Gasteiger charge is 2.31. The Balaban J connectivity index is 1.96. The van der Waals surface area contributed by atoms with Crippen LogP contribution in [0.3, 0.4) is 0 Å². The molecule has 0 saturated heterocycles. The van der Waals surface area contributed by atoms with Gasteiger partial charge in [-0.05, 0) is 26.7 Å². The predicted molar refractivity (Wildman–Crippen MR) is 76.4 cm³/mol. The number of rotatable bonds is 3. The van der Waals surface area contributed by atoms with E-state index in [1.54, 1.807) is 4.52 Å². The van der Waals surface area contributed by atoms with E-state index in [-0.39, 0.29) is 17.9 Å². The molecule has 6 nitrogen and oxygen atoms in total. The van der Waals surface area contributed by atoms with Crippen molar-refractivity contribution in [2.45, 2.75) is 39.2 Å². The first-order chi connectivity index (χ1) is 9.54. The molecule has 3 N–H and O–H groups in total. The SMILES string of the molecule is Cc1cc(N[C@H]2CCC[C@H]2C(N)=O)n2nc(C)cc2n1. The monoisotopic (exact) mass is 273 g/mol. The molecule has 3 rings (SSSR count).